The number of hydrogen-bond acceptors (Lipinski definition) is 3. The van der Waals surface area contributed by atoms with Gasteiger partial charge in [-0.3, -0.25) is 0 Å². The molecule has 3 nitrogen and oxygen atoms in total. The standard InChI is InChI=1S/C10H13BrFNO2/c1-14-9-4-6(8(12)5-13)3-7(11)10(9)15-2/h3-4,8H,5,13H2,1-2H3. The molecule has 0 heterocycles. The molecule has 0 saturated heterocycles. The molecule has 1 aromatic rings. The zero-order valence-corrected chi connectivity index (χ0v) is 10.2. The van der Waals surface area contributed by atoms with Crippen molar-refractivity contribution in [3.8, 4) is 11.5 Å². The summed E-state index contributed by atoms with van der Waals surface area (Å²) in [7, 11) is 3.03. The molecule has 0 spiro atoms. The number of ether oxygens (including phenoxy) is 2. The van der Waals surface area contributed by atoms with E-state index in [9.17, 15) is 4.39 Å². The minimum absolute atomic E-state index is 0.0536. The second-order valence-corrected chi connectivity index (χ2v) is 3.80. The smallest absolute Gasteiger partial charge is 0.174 e. The van der Waals surface area contributed by atoms with Gasteiger partial charge in [0.25, 0.3) is 0 Å². The molecule has 0 aromatic heterocycles. The van der Waals surface area contributed by atoms with Gasteiger partial charge in [-0.15, -0.1) is 0 Å². The molecule has 1 rings (SSSR count). The number of nitrogens with two attached hydrogens (primary N) is 1. The summed E-state index contributed by atoms with van der Waals surface area (Å²) in [6, 6.07) is 3.22. The average molecular weight is 278 g/mol. The van der Waals surface area contributed by atoms with E-state index in [-0.39, 0.29) is 6.54 Å². The lowest BCUT2D eigenvalue weighted by Crippen LogP contribution is -2.08. The van der Waals surface area contributed by atoms with E-state index in [0.717, 1.165) is 0 Å². The molecule has 0 radical (unpaired) electrons. The third kappa shape index (κ3) is 2.60. The first kappa shape index (κ1) is 12.3. The summed E-state index contributed by atoms with van der Waals surface area (Å²) in [4.78, 5) is 0. The van der Waals surface area contributed by atoms with E-state index in [4.69, 9.17) is 15.2 Å². The Labute approximate surface area is 96.5 Å². The Morgan fingerprint density at radius 3 is 2.53 bits per heavy atom. The molecule has 15 heavy (non-hydrogen) atoms. The molecular formula is C10H13BrFNO2. The Morgan fingerprint density at radius 1 is 1.40 bits per heavy atom. The molecule has 1 atom stereocenters. The first-order chi connectivity index (χ1) is 7.13. The van der Waals surface area contributed by atoms with Crippen LogP contribution in [-0.2, 0) is 0 Å². The molecule has 2 N–H and O–H groups in total. The quantitative estimate of drug-likeness (QED) is 0.920. The molecule has 0 bridgehead atoms. The zero-order chi connectivity index (χ0) is 11.4. The number of alkyl halides is 1. The average Bonchev–Trinajstić information content (AvgIpc) is 2.26. The van der Waals surface area contributed by atoms with E-state index in [1.54, 1.807) is 12.1 Å². The van der Waals surface area contributed by atoms with E-state index in [1.807, 2.05) is 0 Å². The van der Waals surface area contributed by atoms with Crippen molar-refractivity contribution in [1.29, 1.82) is 0 Å². The molecule has 0 saturated carbocycles. The van der Waals surface area contributed by atoms with Crippen LogP contribution >= 0.6 is 15.9 Å². The first-order valence-corrected chi connectivity index (χ1v) is 5.18. The number of halogens is 2. The fourth-order valence-corrected chi connectivity index (χ4v) is 1.88. The van der Waals surface area contributed by atoms with E-state index >= 15 is 0 Å². The van der Waals surface area contributed by atoms with Gasteiger partial charge >= 0.3 is 0 Å². The van der Waals surface area contributed by atoms with Crippen LogP contribution in [0.15, 0.2) is 16.6 Å². The molecule has 0 fully saturated rings. The maximum atomic E-state index is 13.4. The van der Waals surface area contributed by atoms with Gasteiger partial charge in [0.15, 0.2) is 11.5 Å². The van der Waals surface area contributed by atoms with Gasteiger partial charge in [0.05, 0.1) is 18.7 Å². The highest BCUT2D eigenvalue weighted by Gasteiger charge is 2.15. The van der Waals surface area contributed by atoms with Gasteiger partial charge < -0.3 is 15.2 Å². The number of methoxy groups -OCH3 is 2. The second-order valence-electron chi connectivity index (χ2n) is 2.94. The van der Waals surface area contributed by atoms with Crippen LogP contribution < -0.4 is 15.2 Å². The van der Waals surface area contributed by atoms with Crippen LogP contribution in [0.3, 0.4) is 0 Å². The summed E-state index contributed by atoms with van der Waals surface area (Å²) in [6.45, 7) is -0.0536. The van der Waals surface area contributed by atoms with Crippen LogP contribution in [0.5, 0.6) is 11.5 Å². The highest BCUT2D eigenvalue weighted by atomic mass is 79.9. The largest absolute Gasteiger partial charge is 0.493 e. The molecule has 0 aliphatic rings. The third-order valence-corrected chi connectivity index (χ3v) is 2.61. The van der Waals surface area contributed by atoms with Crippen LogP contribution in [0.1, 0.15) is 11.7 Å². The lowest BCUT2D eigenvalue weighted by molar-refractivity contribution is 0.338. The highest BCUT2D eigenvalue weighted by Crippen LogP contribution is 2.38. The Balaban J connectivity index is 3.19. The monoisotopic (exact) mass is 277 g/mol. The van der Waals surface area contributed by atoms with Gasteiger partial charge in [-0.2, -0.15) is 0 Å². The van der Waals surface area contributed by atoms with E-state index in [2.05, 4.69) is 15.9 Å². The fourth-order valence-electron chi connectivity index (χ4n) is 1.25. The Kier molecular flexibility index (Phi) is 4.35. The summed E-state index contributed by atoms with van der Waals surface area (Å²) in [5.41, 5.74) is 5.73. The van der Waals surface area contributed by atoms with E-state index < -0.39 is 6.17 Å². The molecule has 5 heteroatoms. The molecule has 0 amide bonds. The van der Waals surface area contributed by atoms with E-state index in [1.165, 1.54) is 14.2 Å². The van der Waals surface area contributed by atoms with Crippen molar-refractivity contribution in [3.63, 3.8) is 0 Å². The first-order valence-electron chi connectivity index (χ1n) is 4.39. The lowest BCUT2D eigenvalue weighted by Gasteiger charge is -2.13. The van der Waals surface area contributed by atoms with Gasteiger partial charge in [-0.05, 0) is 33.6 Å². The topological polar surface area (TPSA) is 44.5 Å². The van der Waals surface area contributed by atoms with Gasteiger partial charge in [0, 0.05) is 6.54 Å². The minimum atomic E-state index is -1.19. The predicted molar refractivity (Wildman–Crippen MR) is 60.1 cm³/mol. The Bertz CT molecular complexity index is 346. The minimum Gasteiger partial charge on any atom is -0.493 e. The predicted octanol–water partition coefficient (Wildman–Crippen LogP) is 2.44. The Morgan fingerprint density at radius 2 is 2.07 bits per heavy atom. The van der Waals surface area contributed by atoms with Gasteiger partial charge in [0.2, 0.25) is 0 Å². The maximum absolute atomic E-state index is 13.4. The van der Waals surface area contributed by atoms with Crippen molar-refractivity contribution >= 4 is 15.9 Å². The van der Waals surface area contributed by atoms with Crippen LogP contribution in [-0.4, -0.2) is 20.8 Å². The summed E-state index contributed by atoms with van der Waals surface area (Å²) in [6.07, 6.45) is -1.19. The normalized spacial score (nSPS) is 12.3. The summed E-state index contributed by atoms with van der Waals surface area (Å²) in [5.74, 6) is 1.03. The number of hydrogen-bond donors (Lipinski definition) is 1. The van der Waals surface area contributed by atoms with Crippen LogP contribution in [0.2, 0.25) is 0 Å². The lowest BCUT2D eigenvalue weighted by atomic mass is 10.1. The van der Waals surface area contributed by atoms with Crippen molar-refractivity contribution < 1.29 is 13.9 Å². The molecule has 0 aliphatic carbocycles. The van der Waals surface area contributed by atoms with Crippen molar-refractivity contribution in [2.45, 2.75) is 6.17 Å². The Hall–Kier alpha value is -0.810. The van der Waals surface area contributed by atoms with Crippen molar-refractivity contribution in [1.82, 2.24) is 0 Å². The second kappa shape index (κ2) is 5.32. The molecule has 0 aliphatic heterocycles. The van der Waals surface area contributed by atoms with Crippen molar-refractivity contribution in [3.05, 3.63) is 22.2 Å². The van der Waals surface area contributed by atoms with Gasteiger partial charge in [0.1, 0.15) is 6.17 Å². The van der Waals surface area contributed by atoms with Crippen LogP contribution in [0.4, 0.5) is 4.39 Å². The molecular weight excluding hydrogens is 265 g/mol. The molecule has 84 valence electrons. The SMILES string of the molecule is COc1cc(C(F)CN)cc(Br)c1OC. The maximum Gasteiger partial charge on any atom is 0.174 e. The summed E-state index contributed by atoms with van der Waals surface area (Å²) < 4.78 is 24.2. The number of rotatable bonds is 4. The molecule has 1 unspecified atom stereocenters. The molecule has 1 aromatic carbocycles. The van der Waals surface area contributed by atoms with Crippen molar-refractivity contribution in [2.24, 2.45) is 5.73 Å². The van der Waals surface area contributed by atoms with Crippen LogP contribution in [0.25, 0.3) is 0 Å². The van der Waals surface area contributed by atoms with Crippen molar-refractivity contribution in [2.75, 3.05) is 20.8 Å². The zero-order valence-electron chi connectivity index (χ0n) is 8.59. The summed E-state index contributed by atoms with van der Waals surface area (Å²) in [5, 5.41) is 0. The summed E-state index contributed by atoms with van der Waals surface area (Å²) >= 11 is 3.28. The van der Waals surface area contributed by atoms with Gasteiger partial charge in [-0.25, -0.2) is 4.39 Å². The fraction of sp³-hybridized carbons (Fsp3) is 0.400. The van der Waals surface area contributed by atoms with E-state index in [0.29, 0.717) is 21.5 Å². The highest BCUT2D eigenvalue weighted by molar-refractivity contribution is 9.10. The van der Waals surface area contributed by atoms with Crippen LogP contribution in [0, 0.1) is 0 Å². The third-order valence-electron chi connectivity index (χ3n) is 2.02. The van der Waals surface area contributed by atoms with Gasteiger partial charge in [-0.1, -0.05) is 0 Å². The number of benzene rings is 1.